The molecule has 1 aliphatic rings. The van der Waals surface area contributed by atoms with Crippen molar-refractivity contribution in [1.29, 1.82) is 0 Å². The third kappa shape index (κ3) is 2.21. The highest BCUT2D eigenvalue weighted by Crippen LogP contribution is 2.05. The summed E-state index contributed by atoms with van der Waals surface area (Å²) in [5, 5.41) is 2.30. The Hall–Kier alpha value is -2.09. The summed E-state index contributed by atoms with van der Waals surface area (Å²) in [5.41, 5.74) is 1.32. The van der Waals surface area contributed by atoms with Crippen LogP contribution in [0.1, 0.15) is 5.56 Å². The lowest BCUT2D eigenvalue weighted by atomic mass is 10.2. The molecular weight excluding hydrogens is 208 g/mol. The highest BCUT2D eigenvalue weighted by Gasteiger charge is 2.03. The molecule has 2 aromatic rings. The zero-order valence-electron chi connectivity index (χ0n) is 9.58. The Bertz CT molecular complexity index is 617. The Labute approximate surface area is 101 Å². The Morgan fingerprint density at radius 2 is 1.71 bits per heavy atom. The lowest BCUT2D eigenvalue weighted by molar-refractivity contribution is 0.407. The average molecular weight is 222 g/mol. The quantitative estimate of drug-likeness (QED) is 0.752. The summed E-state index contributed by atoms with van der Waals surface area (Å²) < 4.78 is 0. The first-order chi connectivity index (χ1) is 8.42. The summed E-state index contributed by atoms with van der Waals surface area (Å²) in [6, 6.07) is 18.7. The van der Waals surface area contributed by atoms with E-state index in [4.69, 9.17) is 0 Å². The van der Waals surface area contributed by atoms with Gasteiger partial charge in [-0.05, 0) is 11.6 Å². The van der Waals surface area contributed by atoms with E-state index in [2.05, 4.69) is 58.6 Å². The maximum atomic E-state index is 4.57. The third-order valence-electron chi connectivity index (χ3n) is 2.91. The second-order valence-corrected chi connectivity index (χ2v) is 4.22. The Morgan fingerprint density at radius 1 is 0.941 bits per heavy atom. The monoisotopic (exact) mass is 222 g/mol. The van der Waals surface area contributed by atoms with Crippen molar-refractivity contribution in [2.45, 2.75) is 6.54 Å². The second kappa shape index (κ2) is 4.42. The van der Waals surface area contributed by atoms with Gasteiger partial charge in [-0.2, -0.15) is 0 Å². The Kier molecular flexibility index (Phi) is 2.62. The second-order valence-electron chi connectivity index (χ2n) is 4.22. The summed E-state index contributed by atoms with van der Waals surface area (Å²) in [6.45, 7) is 1.66. The summed E-state index contributed by atoms with van der Waals surface area (Å²) in [4.78, 5) is 6.80. The minimum absolute atomic E-state index is 0.742. The molecule has 0 spiro atoms. The summed E-state index contributed by atoms with van der Waals surface area (Å²) in [6.07, 6.45) is 2.19. The van der Waals surface area contributed by atoms with Gasteiger partial charge in [0.25, 0.3) is 0 Å². The molecule has 0 fully saturated rings. The minimum atomic E-state index is 0.742. The van der Waals surface area contributed by atoms with Gasteiger partial charge in [-0.1, -0.05) is 48.5 Å². The van der Waals surface area contributed by atoms with E-state index in [0.29, 0.717) is 0 Å². The van der Waals surface area contributed by atoms with Crippen molar-refractivity contribution >= 4 is 6.20 Å². The van der Waals surface area contributed by atoms with E-state index in [9.17, 15) is 0 Å². The molecular formula is C15H14N2. The lowest BCUT2D eigenvalue weighted by Gasteiger charge is -2.20. The van der Waals surface area contributed by atoms with Gasteiger partial charge in [-0.25, -0.2) is 0 Å². The largest absolute Gasteiger partial charge is 0.353 e. The van der Waals surface area contributed by atoms with Gasteiger partial charge in [0, 0.05) is 18.0 Å². The van der Waals surface area contributed by atoms with Crippen LogP contribution < -0.4 is 10.6 Å². The van der Waals surface area contributed by atoms with Crippen molar-refractivity contribution in [3.8, 4) is 0 Å². The molecule has 0 saturated heterocycles. The van der Waals surface area contributed by atoms with E-state index in [1.807, 2.05) is 12.1 Å². The van der Waals surface area contributed by atoms with Gasteiger partial charge in [-0.15, -0.1) is 0 Å². The molecule has 84 valence electrons. The van der Waals surface area contributed by atoms with Crippen LogP contribution in [0, 0.1) is 0 Å². The molecule has 0 amide bonds. The molecule has 2 nitrogen and oxygen atoms in total. The molecule has 0 atom stereocenters. The van der Waals surface area contributed by atoms with Crippen LogP contribution in [-0.4, -0.2) is 11.6 Å². The summed E-state index contributed by atoms with van der Waals surface area (Å²) in [7, 11) is 0. The van der Waals surface area contributed by atoms with E-state index in [1.54, 1.807) is 0 Å². The Balaban J connectivity index is 1.87. The predicted molar refractivity (Wildman–Crippen MR) is 68.5 cm³/mol. The van der Waals surface area contributed by atoms with Gasteiger partial charge in [0.05, 0.1) is 5.36 Å². The van der Waals surface area contributed by atoms with Crippen molar-refractivity contribution in [1.82, 2.24) is 4.90 Å². The molecule has 0 radical (unpaired) electrons. The first-order valence-corrected chi connectivity index (χ1v) is 5.81. The maximum absolute atomic E-state index is 4.57. The topological polar surface area (TPSA) is 15.6 Å². The molecule has 2 heteroatoms. The van der Waals surface area contributed by atoms with Crippen molar-refractivity contribution < 1.29 is 0 Å². The van der Waals surface area contributed by atoms with Crippen LogP contribution in [0.3, 0.4) is 0 Å². The van der Waals surface area contributed by atoms with Crippen LogP contribution in [-0.2, 0) is 6.54 Å². The highest BCUT2D eigenvalue weighted by atomic mass is 15.2. The minimum Gasteiger partial charge on any atom is -0.353 e. The normalized spacial score (nSPS) is 13.5. The first kappa shape index (κ1) is 10.1. The standard InChI is InChI=1S/C15H14N2/c1-2-6-13(7-3-1)10-17-11-14-8-4-5-9-15(14)16-12-17/h1-9,11H,10,12H2. The van der Waals surface area contributed by atoms with Crippen molar-refractivity contribution in [2.75, 3.05) is 6.67 Å². The van der Waals surface area contributed by atoms with Crippen LogP contribution in [0.15, 0.2) is 59.6 Å². The van der Waals surface area contributed by atoms with Gasteiger partial charge in [0.1, 0.15) is 6.67 Å². The van der Waals surface area contributed by atoms with Crippen molar-refractivity contribution in [2.24, 2.45) is 4.99 Å². The van der Waals surface area contributed by atoms with Crippen LogP contribution >= 0.6 is 0 Å². The molecule has 1 aliphatic heterocycles. The summed E-state index contributed by atoms with van der Waals surface area (Å²) >= 11 is 0. The SMILES string of the molecule is C1=c2ccccc2=NCN1Cc1ccccc1. The first-order valence-electron chi connectivity index (χ1n) is 5.81. The number of benzene rings is 2. The molecule has 0 saturated carbocycles. The van der Waals surface area contributed by atoms with Gasteiger partial charge in [-0.3, -0.25) is 4.99 Å². The average Bonchev–Trinajstić information content (AvgIpc) is 2.40. The smallest absolute Gasteiger partial charge is 0.110 e. The number of fused-ring (bicyclic) bond motifs is 1. The van der Waals surface area contributed by atoms with Crippen LogP contribution in [0.2, 0.25) is 0 Å². The summed E-state index contributed by atoms with van der Waals surface area (Å²) in [5.74, 6) is 0. The molecule has 17 heavy (non-hydrogen) atoms. The zero-order valence-corrected chi connectivity index (χ0v) is 9.58. The van der Waals surface area contributed by atoms with Crippen LogP contribution in [0.4, 0.5) is 0 Å². The molecule has 0 unspecified atom stereocenters. The molecule has 2 aromatic carbocycles. The third-order valence-corrected chi connectivity index (χ3v) is 2.91. The fraction of sp³-hybridized carbons (Fsp3) is 0.133. The molecule has 0 N–H and O–H groups in total. The van der Waals surface area contributed by atoms with Crippen molar-refractivity contribution in [3.05, 3.63) is 70.7 Å². The van der Waals surface area contributed by atoms with Crippen LogP contribution in [0.5, 0.6) is 0 Å². The predicted octanol–water partition coefficient (Wildman–Crippen LogP) is 1.52. The number of nitrogens with zero attached hydrogens (tertiary/aromatic N) is 2. The highest BCUT2D eigenvalue weighted by molar-refractivity contribution is 5.26. The number of hydrogen-bond donors (Lipinski definition) is 0. The van der Waals surface area contributed by atoms with Gasteiger partial charge < -0.3 is 4.90 Å². The van der Waals surface area contributed by atoms with Gasteiger partial charge >= 0.3 is 0 Å². The molecule has 3 rings (SSSR count). The number of para-hydroxylation sites is 1. The van der Waals surface area contributed by atoms with Crippen molar-refractivity contribution in [3.63, 3.8) is 0 Å². The fourth-order valence-electron chi connectivity index (χ4n) is 2.06. The lowest BCUT2D eigenvalue weighted by Crippen LogP contribution is -2.35. The maximum Gasteiger partial charge on any atom is 0.110 e. The van der Waals surface area contributed by atoms with Gasteiger partial charge in [0.2, 0.25) is 0 Å². The number of rotatable bonds is 2. The molecule has 0 aromatic heterocycles. The molecule has 1 heterocycles. The number of hydrogen-bond acceptors (Lipinski definition) is 2. The van der Waals surface area contributed by atoms with Gasteiger partial charge in [0.15, 0.2) is 0 Å². The van der Waals surface area contributed by atoms with E-state index in [0.717, 1.165) is 18.6 Å². The van der Waals surface area contributed by atoms with Crippen LogP contribution in [0.25, 0.3) is 6.20 Å². The molecule has 0 bridgehead atoms. The van der Waals surface area contributed by atoms with E-state index in [-0.39, 0.29) is 0 Å². The fourth-order valence-corrected chi connectivity index (χ4v) is 2.06. The van der Waals surface area contributed by atoms with E-state index >= 15 is 0 Å². The zero-order chi connectivity index (χ0) is 11.5. The Morgan fingerprint density at radius 3 is 2.59 bits per heavy atom. The molecule has 0 aliphatic carbocycles. The van der Waals surface area contributed by atoms with E-state index in [1.165, 1.54) is 10.8 Å². The van der Waals surface area contributed by atoms with E-state index < -0.39 is 0 Å².